The van der Waals surface area contributed by atoms with Gasteiger partial charge in [0.1, 0.15) is 0 Å². The van der Waals surface area contributed by atoms with Crippen LogP contribution >= 0.6 is 0 Å². The maximum Gasteiger partial charge on any atom is 0.226 e. The first-order valence-electron chi connectivity index (χ1n) is 8.49. The lowest BCUT2D eigenvalue weighted by Crippen LogP contribution is -2.36. The van der Waals surface area contributed by atoms with E-state index >= 15 is 0 Å². The number of hydrogen-bond donors (Lipinski definition) is 1. The summed E-state index contributed by atoms with van der Waals surface area (Å²) >= 11 is 0. The van der Waals surface area contributed by atoms with Crippen molar-refractivity contribution >= 4 is 5.91 Å². The van der Waals surface area contributed by atoms with E-state index < -0.39 is 11.6 Å². The summed E-state index contributed by atoms with van der Waals surface area (Å²) in [6.45, 7) is 0.630. The van der Waals surface area contributed by atoms with E-state index in [0.717, 1.165) is 11.6 Å². The van der Waals surface area contributed by atoms with Gasteiger partial charge in [0.05, 0.1) is 6.61 Å². The normalized spacial score (nSPS) is 18.8. The van der Waals surface area contributed by atoms with Gasteiger partial charge in [0.15, 0.2) is 11.6 Å². The molecule has 1 aliphatic carbocycles. The molecule has 132 valence electrons. The summed E-state index contributed by atoms with van der Waals surface area (Å²) in [6, 6.07) is 13.9. The Bertz CT molecular complexity index is 736. The Balaban J connectivity index is 1.64. The summed E-state index contributed by atoms with van der Waals surface area (Å²) in [5, 5.41) is 9.24. The van der Waals surface area contributed by atoms with Crippen molar-refractivity contribution in [1.29, 1.82) is 0 Å². The number of carbonyl (C=O) groups excluding carboxylic acids is 1. The van der Waals surface area contributed by atoms with E-state index in [1.54, 1.807) is 4.90 Å². The zero-order valence-electron chi connectivity index (χ0n) is 13.9. The van der Waals surface area contributed by atoms with Crippen LogP contribution in [0.5, 0.6) is 0 Å². The largest absolute Gasteiger partial charge is 0.395 e. The quantitative estimate of drug-likeness (QED) is 0.838. The van der Waals surface area contributed by atoms with Gasteiger partial charge < -0.3 is 10.0 Å². The molecule has 1 amide bonds. The lowest BCUT2D eigenvalue weighted by Gasteiger charge is -2.22. The van der Waals surface area contributed by atoms with Crippen molar-refractivity contribution < 1.29 is 18.7 Å². The molecule has 1 aliphatic rings. The maximum atomic E-state index is 13.9. The average molecular weight is 345 g/mol. The number of aliphatic hydroxyl groups excluding tert-OH is 1. The summed E-state index contributed by atoms with van der Waals surface area (Å²) in [6.07, 6.45) is 1.21. The number of benzene rings is 2. The van der Waals surface area contributed by atoms with Gasteiger partial charge in [-0.3, -0.25) is 4.79 Å². The van der Waals surface area contributed by atoms with Crippen LogP contribution in [0.2, 0.25) is 0 Å². The van der Waals surface area contributed by atoms with Crippen LogP contribution in [0, 0.1) is 17.6 Å². The molecule has 3 rings (SSSR count). The maximum absolute atomic E-state index is 13.9. The van der Waals surface area contributed by atoms with E-state index in [1.807, 2.05) is 30.3 Å². The lowest BCUT2D eigenvalue weighted by atomic mass is 10.1. The van der Waals surface area contributed by atoms with Gasteiger partial charge in [-0.05, 0) is 36.0 Å². The minimum absolute atomic E-state index is 0.0985. The Kier molecular flexibility index (Phi) is 5.43. The van der Waals surface area contributed by atoms with Crippen LogP contribution in [0.15, 0.2) is 48.5 Å². The zero-order chi connectivity index (χ0) is 17.8. The van der Waals surface area contributed by atoms with Gasteiger partial charge in [0, 0.05) is 19.0 Å². The van der Waals surface area contributed by atoms with E-state index in [4.69, 9.17) is 0 Å². The van der Waals surface area contributed by atoms with Crippen LogP contribution in [0.25, 0.3) is 0 Å². The van der Waals surface area contributed by atoms with Crippen LogP contribution in [-0.2, 0) is 11.2 Å². The molecule has 0 aromatic heterocycles. The summed E-state index contributed by atoms with van der Waals surface area (Å²) in [7, 11) is 0. The molecule has 0 bridgehead atoms. The second-order valence-electron chi connectivity index (χ2n) is 6.38. The van der Waals surface area contributed by atoms with Crippen LogP contribution < -0.4 is 0 Å². The molecule has 3 nitrogen and oxygen atoms in total. The van der Waals surface area contributed by atoms with E-state index in [9.17, 15) is 18.7 Å². The van der Waals surface area contributed by atoms with E-state index in [1.165, 1.54) is 12.1 Å². The zero-order valence-corrected chi connectivity index (χ0v) is 13.9. The second kappa shape index (κ2) is 7.74. The standard InChI is InChI=1S/C20H21F2NO2/c21-18-8-4-7-15(19(18)22)16-13-17(16)20(25)23(11-12-24)10-9-14-5-2-1-3-6-14/h1-8,16-17,24H,9-13H2. The summed E-state index contributed by atoms with van der Waals surface area (Å²) in [4.78, 5) is 14.3. The van der Waals surface area contributed by atoms with Crippen molar-refractivity contribution in [2.24, 2.45) is 5.92 Å². The molecule has 0 spiro atoms. The molecule has 5 heteroatoms. The molecule has 2 aromatic carbocycles. The van der Waals surface area contributed by atoms with Crippen LogP contribution in [0.4, 0.5) is 8.78 Å². The first-order valence-corrected chi connectivity index (χ1v) is 8.49. The highest BCUT2D eigenvalue weighted by Gasteiger charge is 2.47. The SMILES string of the molecule is O=C(C1CC1c1cccc(F)c1F)N(CCO)CCc1ccccc1. The fraction of sp³-hybridized carbons (Fsp3) is 0.350. The fourth-order valence-electron chi connectivity index (χ4n) is 3.21. The Morgan fingerprint density at radius 3 is 2.56 bits per heavy atom. The Morgan fingerprint density at radius 2 is 1.84 bits per heavy atom. The molecular formula is C20H21F2NO2. The predicted molar refractivity (Wildman–Crippen MR) is 91.0 cm³/mol. The van der Waals surface area contributed by atoms with Gasteiger partial charge in [-0.15, -0.1) is 0 Å². The van der Waals surface area contributed by atoms with Crippen LogP contribution in [-0.4, -0.2) is 35.6 Å². The lowest BCUT2D eigenvalue weighted by molar-refractivity contribution is -0.133. The van der Waals surface area contributed by atoms with Crippen molar-refractivity contribution in [2.45, 2.75) is 18.8 Å². The summed E-state index contributed by atoms with van der Waals surface area (Å²) < 4.78 is 27.3. The van der Waals surface area contributed by atoms with Crippen LogP contribution in [0.1, 0.15) is 23.5 Å². The third-order valence-electron chi connectivity index (χ3n) is 4.68. The Hall–Kier alpha value is -2.27. The molecule has 1 N–H and O–H groups in total. The number of rotatable bonds is 7. The Morgan fingerprint density at radius 1 is 1.08 bits per heavy atom. The van der Waals surface area contributed by atoms with Crippen molar-refractivity contribution in [3.05, 3.63) is 71.3 Å². The van der Waals surface area contributed by atoms with E-state index in [-0.39, 0.29) is 36.5 Å². The van der Waals surface area contributed by atoms with Gasteiger partial charge >= 0.3 is 0 Å². The number of aliphatic hydroxyl groups is 1. The van der Waals surface area contributed by atoms with Crippen LogP contribution in [0.3, 0.4) is 0 Å². The number of halogens is 2. The van der Waals surface area contributed by atoms with E-state index in [0.29, 0.717) is 19.4 Å². The average Bonchev–Trinajstić information content (AvgIpc) is 3.42. The second-order valence-corrected chi connectivity index (χ2v) is 6.38. The molecular weight excluding hydrogens is 324 g/mol. The summed E-state index contributed by atoms with van der Waals surface area (Å²) in [5.41, 5.74) is 1.38. The first kappa shape index (κ1) is 17.5. The van der Waals surface area contributed by atoms with Crippen molar-refractivity contribution in [3.63, 3.8) is 0 Å². The number of amides is 1. The first-order chi connectivity index (χ1) is 12.1. The minimum Gasteiger partial charge on any atom is -0.395 e. The molecule has 25 heavy (non-hydrogen) atoms. The van der Waals surface area contributed by atoms with Crippen molar-refractivity contribution in [3.8, 4) is 0 Å². The monoisotopic (exact) mass is 345 g/mol. The molecule has 0 aliphatic heterocycles. The van der Waals surface area contributed by atoms with Gasteiger partial charge in [0.2, 0.25) is 5.91 Å². The highest BCUT2D eigenvalue weighted by Crippen LogP contribution is 2.49. The van der Waals surface area contributed by atoms with Crippen molar-refractivity contribution in [1.82, 2.24) is 4.90 Å². The number of carbonyl (C=O) groups is 1. The third-order valence-corrected chi connectivity index (χ3v) is 4.68. The van der Waals surface area contributed by atoms with Gasteiger partial charge in [0.25, 0.3) is 0 Å². The third kappa shape index (κ3) is 4.04. The van der Waals surface area contributed by atoms with E-state index in [2.05, 4.69) is 0 Å². The molecule has 1 fully saturated rings. The van der Waals surface area contributed by atoms with Gasteiger partial charge in [-0.25, -0.2) is 8.78 Å². The van der Waals surface area contributed by atoms with Gasteiger partial charge in [-0.1, -0.05) is 42.5 Å². The number of nitrogens with zero attached hydrogens (tertiary/aromatic N) is 1. The van der Waals surface area contributed by atoms with Gasteiger partial charge in [-0.2, -0.15) is 0 Å². The highest BCUT2D eigenvalue weighted by molar-refractivity contribution is 5.83. The Labute approximate surface area is 145 Å². The molecule has 2 atom stereocenters. The molecule has 2 aromatic rings. The highest BCUT2D eigenvalue weighted by atomic mass is 19.2. The predicted octanol–water partition coefficient (Wildman–Crippen LogP) is 3.13. The minimum atomic E-state index is -0.883. The molecule has 0 saturated heterocycles. The fourth-order valence-corrected chi connectivity index (χ4v) is 3.21. The molecule has 1 saturated carbocycles. The van der Waals surface area contributed by atoms with Crippen molar-refractivity contribution in [2.75, 3.05) is 19.7 Å². The molecule has 0 heterocycles. The number of hydrogen-bond acceptors (Lipinski definition) is 2. The smallest absolute Gasteiger partial charge is 0.226 e. The molecule has 2 unspecified atom stereocenters. The molecule has 0 radical (unpaired) electrons. The topological polar surface area (TPSA) is 40.5 Å². The summed E-state index contributed by atoms with van der Waals surface area (Å²) in [5.74, 6) is -2.45.